The molecule has 8 atom stereocenters. The molecule has 0 aromatic carbocycles. The van der Waals surface area contributed by atoms with Crippen molar-refractivity contribution in [3.8, 4) is 0 Å². The van der Waals surface area contributed by atoms with Crippen molar-refractivity contribution in [3.63, 3.8) is 0 Å². The van der Waals surface area contributed by atoms with Crippen LogP contribution in [0.3, 0.4) is 0 Å². The van der Waals surface area contributed by atoms with Gasteiger partial charge in [-0.1, -0.05) is 46.8 Å². The first-order chi connectivity index (χ1) is 15.3. The highest BCUT2D eigenvalue weighted by Gasteiger charge is 2.60. The molecule has 2 saturated carbocycles. The minimum Gasteiger partial charge on any atom is -0.393 e. The van der Waals surface area contributed by atoms with E-state index in [9.17, 15) is 20.1 Å². The van der Waals surface area contributed by atoms with Crippen molar-refractivity contribution in [1.29, 1.82) is 0 Å². The number of hydrogen-bond donors (Lipinski definition) is 3. The van der Waals surface area contributed by atoms with Crippen LogP contribution in [-0.4, -0.2) is 39.4 Å². The molecule has 0 aliphatic heterocycles. The second kappa shape index (κ2) is 8.31. The van der Waals surface area contributed by atoms with E-state index in [1.54, 1.807) is 11.1 Å². The monoisotopic (exact) mass is 458 g/mol. The van der Waals surface area contributed by atoms with E-state index in [0.29, 0.717) is 42.3 Å². The highest BCUT2D eigenvalue weighted by atomic mass is 16.4. The Balaban J connectivity index is 1.55. The van der Waals surface area contributed by atoms with Gasteiger partial charge in [-0.15, -0.1) is 0 Å². The van der Waals surface area contributed by atoms with Crippen molar-refractivity contribution in [2.75, 3.05) is 6.61 Å². The fraction of sp³-hybridized carbons (Fsp3) is 0.828. The number of carbonyl (C=O) groups is 1. The van der Waals surface area contributed by atoms with Gasteiger partial charge in [0, 0.05) is 11.8 Å². The van der Waals surface area contributed by atoms with Gasteiger partial charge in [0.25, 0.3) is 0 Å². The van der Waals surface area contributed by atoms with E-state index >= 15 is 0 Å². The Hall–Kier alpha value is -0.970. The molecule has 4 rings (SSSR count). The van der Waals surface area contributed by atoms with Gasteiger partial charge in [0.15, 0.2) is 0 Å². The summed E-state index contributed by atoms with van der Waals surface area (Å²) in [4.78, 5) is 12.6. The molecule has 0 amide bonds. The van der Waals surface area contributed by atoms with Gasteiger partial charge in [-0.2, -0.15) is 0 Å². The molecular formula is C29H46O4. The molecule has 3 N–H and O–H groups in total. The van der Waals surface area contributed by atoms with Gasteiger partial charge >= 0.3 is 0 Å². The predicted molar refractivity (Wildman–Crippen MR) is 131 cm³/mol. The number of carbonyl (C=O) groups excluding carboxylic acids is 1. The Morgan fingerprint density at radius 1 is 1.15 bits per heavy atom. The third-order valence-electron chi connectivity index (χ3n) is 11.1. The Labute approximate surface area is 200 Å². The van der Waals surface area contributed by atoms with Crippen LogP contribution in [0.1, 0.15) is 92.9 Å². The molecule has 0 aromatic rings. The second-order valence-corrected chi connectivity index (χ2v) is 13.1. The highest BCUT2D eigenvalue weighted by Crippen LogP contribution is 2.69. The molecule has 0 saturated heterocycles. The predicted octanol–water partition coefficient (Wildman–Crippen LogP) is 5.21. The maximum atomic E-state index is 12.6. The SMILES string of the molecule is C[C@H](CC[C@H](O)[C@@](C)(O)CO)[C@H]1CC[C@@]2(C)C3=CC[C@H]4[C@@H](CCC(=O)C4(C)C)C3=CC[C@]12C. The summed E-state index contributed by atoms with van der Waals surface area (Å²) in [6, 6.07) is 0. The number of allylic oxidation sites excluding steroid dienone is 4. The summed E-state index contributed by atoms with van der Waals surface area (Å²) in [5.41, 5.74) is 1.79. The molecule has 0 spiro atoms. The third kappa shape index (κ3) is 3.70. The fourth-order valence-corrected chi connectivity index (χ4v) is 8.27. The number of fused-ring (bicyclic) bond motifs is 5. The smallest absolute Gasteiger partial charge is 0.138 e. The number of aliphatic hydroxyl groups excluding tert-OH is 2. The van der Waals surface area contributed by atoms with E-state index in [-0.39, 0.29) is 16.2 Å². The maximum Gasteiger partial charge on any atom is 0.138 e. The molecule has 2 fully saturated rings. The topological polar surface area (TPSA) is 77.8 Å². The average molecular weight is 459 g/mol. The molecule has 0 aromatic heterocycles. The number of ketones is 1. The lowest BCUT2D eigenvalue weighted by atomic mass is 9.48. The largest absolute Gasteiger partial charge is 0.393 e. The minimum atomic E-state index is -1.44. The normalized spacial score (nSPS) is 41.1. The molecule has 0 bridgehead atoms. The fourth-order valence-electron chi connectivity index (χ4n) is 8.27. The Morgan fingerprint density at radius 3 is 2.52 bits per heavy atom. The molecule has 0 unspecified atom stereocenters. The first kappa shape index (κ1) is 25.1. The lowest BCUT2D eigenvalue weighted by Gasteiger charge is -2.55. The Kier molecular flexibility index (Phi) is 6.33. The second-order valence-electron chi connectivity index (χ2n) is 13.1. The summed E-state index contributed by atoms with van der Waals surface area (Å²) in [6.07, 6.45) is 11.7. The van der Waals surface area contributed by atoms with E-state index in [2.05, 4.69) is 46.8 Å². The number of hydrogen-bond acceptors (Lipinski definition) is 4. The number of Topliss-reactive ketones (excluding diaryl/α,β-unsaturated/α-hetero) is 1. The Morgan fingerprint density at radius 2 is 1.85 bits per heavy atom. The van der Waals surface area contributed by atoms with Crippen LogP contribution in [0.4, 0.5) is 0 Å². The van der Waals surface area contributed by atoms with Crippen LogP contribution in [0.5, 0.6) is 0 Å². The standard InChI is InChI=1S/C29H46O4/c1-18(7-11-25(32)29(6,33)17-30)21-14-16-28(5)23-10-9-22-19(8-12-24(31)26(22,2)3)20(23)13-15-27(21,28)4/h10,13,18-19,21-22,25,30,32-33H,7-9,11-12,14-17H2,1-6H3/t18-,19+,21-,22+,25+,27-,28+,29+/m1/s1. The van der Waals surface area contributed by atoms with Crippen molar-refractivity contribution >= 4 is 5.78 Å². The maximum absolute atomic E-state index is 12.6. The van der Waals surface area contributed by atoms with Crippen molar-refractivity contribution in [3.05, 3.63) is 23.3 Å². The van der Waals surface area contributed by atoms with Crippen molar-refractivity contribution in [1.82, 2.24) is 0 Å². The molecule has 4 nitrogen and oxygen atoms in total. The van der Waals surface area contributed by atoms with Crippen LogP contribution >= 0.6 is 0 Å². The molecule has 4 aliphatic rings. The first-order valence-corrected chi connectivity index (χ1v) is 13.3. The minimum absolute atomic E-state index is 0.155. The van der Waals surface area contributed by atoms with Crippen LogP contribution in [-0.2, 0) is 4.79 Å². The lowest BCUT2D eigenvalue weighted by molar-refractivity contribution is -0.134. The zero-order chi connectivity index (χ0) is 24.4. The Bertz CT molecular complexity index is 852. The van der Waals surface area contributed by atoms with Gasteiger partial charge in [-0.25, -0.2) is 0 Å². The van der Waals surface area contributed by atoms with Gasteiger partial charge in [-0.05, 0) is 97.5 Å². The first-order valence-electron chi connectivity index (χ1n) is 13.3. The lowest BCUT2D eigenvalue weighted by Crippen LogP contribution is -2.49. The zero-order valence-corrected chi connectivity index (χ0v) is 21.7. The summed E-state index contributed by atoms with van der Waals surface area (Å²) >= 11 is 0. The molecular weight excluding hydrogens is 412 g/mol. The van der Waals surface area contributed by atoms with E-state index in [0.717, 1.165) is 25.7 Å². The van der Waals surface area contributed by atoms with Gasteiger partial charge < -0.3 is 15.3 Å². The summed E-state index contributed by atoms with van der Waals surface area (Å²) < 4.78 is 0. The number of rotatable bonds is 6. The highest BCUT2D eigenvalue weighted by molar-refractivity contribution is 5.85. The molecule has 0 radical (unpaired) electrons. The van der Waals surface area contributed by atoms with Crippen molar-refractivity contribution in [2.24, 2.45) is 39.9 Å². The van der Waals surface area contributed by atoms with E-state index in [4.69, 9.17) is 0 Å². The average Bonchev–Trinajstić information content (AvgIpc) is 3.05. The molecule has 4 heteroatoms. The van der Waals surface area contributed by atoms with Gasteiger partial charge in [0.2, 0.25) is 0 Å². The van der Waals surface area contributed by atoms with E-state index < -0.39 is 18.3 Å². The van der Waals surface area contributed by atoms with E-state index in [1.807, 2.05) is 0 Å². The molecule has 0 heterocycles. The summed E-state index contributed by atoms with van der Waals surface area (Å²) in [5.74, 6) is 2.39. The van der Waals surface area contributed by atoms with Crippen molar-refractivity contribution < 1.29 is 20.1 Å². The summed E-state index contributed by atoms with van der Waals surface area (Å²) in [6.45, 7) is 12.7. The third-order valence-corrected chi connectivity index (χ3v) is 11.1. The van der Waals surface area contributed by atoms with Crippen LogP contribution in [0.2, 0.25) is 0 Å². The molecule has 4 aliphatic carbocycles. The van der Waals surface area contributed by atoms with Gasteiger partial charge in [-0.3, -0.25) is 4.79 Å². The zero-order valence-electron chi connectivity index (χ0n) is 21.7. The van der Waals surface area contributed by atoms with Crippen LogP contribution in [0.15, 0.2) is 23.3 Å². The van der Waals surface area contributed by atoms with Crippen LogP contribution < -0.4 is 0 Å². The number of aliphatic hydroxyl groups is 3. The van der Waals surface area contributed by atoms with Crippen LogP contribution in [0, 0.1) is 39.9 Å². The van der Waals surface area contributed by atoms with Crippen LogP contribution in [0.25, 0.3) is 0 Å². The summed E-state index contributed by atoms with van der Waals surface area (Å²) in [5, 5.41) is 29.9. The van der Waals surface area contributed by atoms with Crippen molar-refractivity contribution in [2.45, 2.75) is 105 Å². The summed E-state index contributed by atoms with van der Waals surface area (Å²) in [7, 11) is 0. The van der Waals surface area contributed by atoms with Gasteiger partial charge in [0.05, 0.1) is 12.7 Å². The quantitative estimate of drug-likeness (QED) is 0.510. The van der Waals surface area contributed by atoms with Gasteiger partial charge in [0.1, 0.15) is 11.4 Å². The molecule has 33 heavy (non-hydrogen) atoms. The molecule has 186 valence electrons. The van der Waals surface area contributed by atoms with E-state index in [1.165, 1.54) is 19.8 Å².